The third-order valence-corrected chi connectivity index (χ3v) is 2.21. The Morgan fingerprint density at radius 3 is 2.50 bits per heavy atom. The number of methoxy groups -OCH3 is 1. The fourth-order valence-corrected chi connectivity index (χ4v) is 1.20. The van der Waals surface area contributed by atoms with E-state index in [1.54, 1.807) is 36.4 Å². The number of carbonyl (C=O) groups is 1. The van der Waals surface area contributed by atoms with Gasteiger partial charge in [0.15, 0.2) is 5.70 Å². The number of nitrogens with zero attached hydrogens (tertiary/aromatic N) is 3. The number of ether oxygens (including phenoxy) is 1. The summed E-state index contributed by atoms with van der Waals surface area (Å²) in [6.45, 7) is 0. The number of anilines is 1. The number of esters is 1. The Morgan fingerprint density at radius 2 is 2.00 bits per heavy atom. The van der Waals surface area contributed by atoms with Gasteiger partial charge in [-0.15, -0.1) is 0 Å². The summed E-state index contributed by atoms with van der Waals surface area (Å²) in [6.07, 6.45) is 1.23. The molecule has 0 aliphatic heterocycles. The van der Waals surface area contributed by atoms with Gasteiger partial charge in [-0.3, -0.25) is 0 Å². The molecule has 1 aromatic carbocycles. The highest BCUT2D eigenvalue weighted by Gasteiger charge is 2.03. The number of allylic oxidation sites excluding steroid dienone is 2. The zero-order valence-corrected chi connectivity index (χ0v) is 10.6. The molecule has 0 heterocycles. The second-order valence-corrected chi connectivity index (χ2v) is 3.46. The molecular weight excluding hydrogens is 258 g/mol. The van der Waals surface area contributed by atoms with Gasteiger partial charge >= 0.3 is 5.97 Å². The van der Waals surface area contributed by atoms with Gasteiger partial charge in [0.2, 0.25) is 0 Å². The third-order valence-electron chi connectivity index (χ3n) is 2.21. The number of nitrogens with one attached hydrogen (secondary N) is 1. The van der Waals surface area contributed by atoms with Crippen LogP contribution >= 0.6 is 0 Å². The lowest BCUT2D eigenvalue weighted by Crippen LogP contribution is -2.02. The molecule has 3 N–H and O–H groups in total. The highest BCUT2D eigenvalue weighted by molar-refractivity contribution is 5.90. The van der Waals surface area contributed by atoms with Crippen molar-refractivity contribution in [3.63, 3.8) is 0 Å². The fraction of sp³-hybridized carbons (Fsp3) is 0.0769. The maximum absolute atomic E-state index is 11.2. The maximum atomic E-state index is 11.2. The number of rotatable bonds is 4. The standard InChI is InChI=1S/C13H11N5O2/c1-20-13(19)9-2-4-10(5-3-9)17-8-18-12(7-15)11(16)6-14/h2-5,8H,16H2,1H3,(H,17,18). The molecule has 7 nitrogen and oxygen atoms in total. The lowest BCUT2D eigenvalue weighted by Gasteiger charge is -2.02. The first-order chi connectivity index (χ1) is 9.62. The molecule has 100 valence electrons. The van der Waals surface area contributed by atoms with Gasteiger partial charge < -0.3 is 15.8 Å². The smallest absolute Gasteiger partial charge is 0.337 e. The summed E-state index contributed by atoms with van der Waals surface area (Å²) in [6, 6.07) is 9.77. The SMILES string of the molecule is COC(=O)c1ccc(NC=NC(C#N)=C(N)C#N)cc1. The van der Waals surface area contributed by atoms with E-state index in [1.807, 2.05) is 0 Å². The van der Waals surface area contributed by atoms with Crippen LogP contribution in [0, 0.1) is 22.7 Å². The Kier molecular flexibility index (Phi) is 5.30. The number of hydrogen-bond acceptors (Lipinski definition) is 6. The van der Waals surface area contributed by atoms with Gasteiger partial charge in [0.1, 0.15) is 17.8 Å². The van der Waals surface area contributed by atoms with E-state index in [-0.39, 0.29) is 11.4 Å². The minimum atomic E-state index is -0.429. The third kappa shape index (κ3) is 3.86. The Morgan fingerprint density at radius 1 is 1.35 bits per heavy atom. The number of carbonyl (C=O) groups excluding carboxylic acids is 1. The lowest BCUT2D eigenvalue weighted by molar-refractivity contribution is 0.0601. The van der Waals surface area contributed by atoms with Crippen LogP contribution in [0.3, 0.4) is 0 Å². The Balaban J connectivity index is 2.75. The van der Waals surface area contributed by atoms with Crippen molar-refractivity contribution in [2.24, 2.45) is 10.7 Å². The van der Waals surface area contributed by atoms with Crippen LogP contribution in [0.5, 0.6) is 0 Å². The molecule has 0 saturated carbocycles. The summed E-state index contributed by atoms with van der Waals surface area (Å²) in [5, 5.41) is 20.0. The summed E-state index contributed by atoms with van der Waals surface area (Å²) in [5.41, 5.74) is 5.91. The summed E-state index contributed by atoms with van der Waals surface area (Å²) in [4.78, 5) is 14.9. The average molecular weight is 269 g/mol. The van der Waals surface area contributed by atoms with Crippen molar-refractivity contribution in [2.75, 3.05) is 12.4 Å². The average Bonchev–Trinajstić information content (AvgIpc) is 2.50. The minimum Gasteiger partial charge on any atom is -0.465 e. The van der Waals surface area contributed by atoms with Crippen LogP contribution < -0.4 is 11.1 Å². The summed E-state index contributed by atoms with van der Waals surface area (Å²) in [5.74, 6) is -0.429. The number of nitrogens with two attached hydrogens (primary N) is 1. The van der Waals surface area contributed by atoms with E-state index in [0.717, 1.165) is 0 Å². The number of benzene rings is 1. The molecule has 0 aliphatic carbocycles. The molecule has 20 heavy (non-hydrogen) atoms. The topological polar surface area (TPSA) is 124 Å². The van der Waals surface area contributed by atoms with Crippen LogP contribution in [-0.2, 0) is 4.74 Å². The van der Waals surface area contributed by atoms with Crippen molar-refractivity contribution in [3.05, 3.63) is 41.2 Å². The van der Waals surface area contributed by atoms with Gasteiger partial charge in [0.25, 0.3) is 0 Å². The molecule has 0 bridgehead atoms. The van der Waals surface area contributed by atoms with E-state index >= 15 is 0 Å². The van der Waals surface area contributed by atoms with Gasteiger partial charge in [-0.05, 0) is 24.3 Å². The fourth-order valence-electron chi connectivity index (χ4n) is 1.20. The zero-order valence-electron chi connectivity index (χ0n) is 10.6. The van der Waals surface area contributed by atoms with Gasteiger partial charge in [-0.2, -0.15) is 10.5 Å². The summed E-state index contributed by atoms with van der Waals surface area (Å²) >= 11 is 0. The van der Waals surface area contributed by atoms with E-state index in [4.69, 9.17) is 16.3 Å². The molecule has 0 atom stereocenters. The number of hydrogen-bond donors (Lipinski definition) is 2. The Bertz CT molecular complexity index is 632. The van der Waals surface area contributed by atoms with Crippen LogP contribution in [0.4, 0.5) is 5.69 Å². The van der Waals surface area contributed by atoms with Crippen molar-refractivity contribution in [3.8, 4) is 12.1 Å². The van der Waals surface area contributed by atoms with Crippen molar-refractivity contribution < 1.29 is 9.53 Å². The van der Waals surface area contributed by atoms with E-state index < -0.39 is 5.97 Å². The monoisotopic (exact) mass is 269 g/mol. The van der Waals surface area contributed by atoms with Crippen LogP contribution in [0.1, 0.15) is 10.4 Å². The minimum absolute atomic E-state index is 0.175. The van der Waals surface area contributed by atoms with Crippen molar-refractivity contribution in [1.29, 1.82) is 10.5 Å². The molecule has 0 saturated heterocycles. The van der Waals surface area contributed by atoms with Gasteiger partial charge in [-0.25, -0.2) is 9.79 Å². The molecule has 1 rings (SSSR count). The largest absolute Gasteiger partial charge is 0.465 e. The quantitative estimate of drug-likeness (QED) is 0.365. The van der Waals surface area contributed by atoms with Crippen LogP contribution in [0.25, 0.3) is 0 Å². The second-order valence-electron chi connectivity index (χ2n) is 3.46. The van der Waals surface area contributed by atoms with Crippen molar-refractivity contribution in [1.82, 2.24) is 0 Å². The molecule has 0 aliphatic rings. The van der Waals surface area contributed by atoms with Crippen LogP contribution in [-0.4, -0.2) is 19.4 Å². The highest BCUT2D eigenvalue weighted by atomic mass is 16.5. The molecule has 0 spiro atoms. The van der Waals surface area contributed by atoms with Gasteiger partial charge in [0.05, 0.1) is 19.0 Å². The first-order valence-electron chi connectivity index (χ1n) is 5.39. The molecule has 0 radical (unpaired) electrons. The van der Waals surface area contributed by atoms with E-state index in [0.29, 0.717) is 11.3 Å². The number of nitriles is 2. The maximum Gasteiger partial charge on any atom is 0.337 e. The number of aliphatic imine (C=N–C) groups is 1. The zero-order chi connectivity index (χ0) is 15.0. The van der Waals surface area contributed by atoms with E-state index in [1.165, 1.54) is 13.4 Å². The lowest BCUT2D eigenvalue weighted by atomic mass is 10.2. The van der Waals surface area contributed by atoms with Gasteiger partial charge in [-0.1, -0.05) is 0 Å². The second kappa shape index (κ2) is 7.19. The van der Waals surface area contributed by atoms with Crippen molar-refractivity contribution in [2.45, 2.75) is 0 Å². The molecule has 0 aromatic heterocycles. The first kappa shape index (κ1) is 14.7. The molecular formula is C13H11N5O2. The van der Waals surface area contributed by atoms with E-state index in [2.05, 4.69) is 15.0 Å². The normalized spacial score (nSPS) is 11.2. The van der Waals surface area contributed by atoms with E-state index in [9.17, 15) is 4.79 Å². The van der Waals surface area contributed by atoms with Crippen LogP contribution in [0.2, 0.25) is 0 Å². The molecule has 0 unspecified atom stereocenters. The predicted molar refractivity (Wildman–Crippen MR) is 72.3 cm³/mol. The molecule has 7 heteroatoms. The Hall–Kier alpha value is -3.32. The van der Waals surface area contributed by atoms with Crippen molar-refractivity contribution >= 4 is 18.0 Å². The predicted octanol–water partition coefficient (Wildman–Crippen LogP) is 1.13. The summed E-state index contributed by atoms with van der Waals surface area (Å²) in [7, 11) is 1.30. The summed E-state index contributed by atoms with van der Waals surface area (Å²) < 4.78 is 4.57. The molecule has 1 aromatic rings. The Labute approximate surface area is 115 Å². The van der Waals surface area contributed by atoms with Gasteiger partial charge in [0, 0.05) is 5.69 Å². The highest BCUT2D eigenvalue weighted by Crippen LogP contribution is 2.09. The first-order valence-corrected chi connectivity index (χ1v) is 5.39. The molecule has 0 fully saturated rings. The van der Waals surface area contributed by atoms with Crippen LogP contribution in [0.15, 0.2) is 40.7 Å². The molecule has 0 amide bonds.